The van der Waals surface area contributed by atoms with E-state index in [1.54, 1.807) is 25.1 Å². The molecule has 0 aromatic heterocycles. The summed E-state index contributed by atoms with van der Waals surface area (Å²) in [5.41, 5.74) is 0.973. The minimum absolute atomic E-state index is 0.119. The van der Waals surface area contributed by atoms with E-state index >= 15 is 0 Å². The van der Waals surface area contributed by atoms with E-state index in [1.807, 2.05) is 0 Å². The summed E-state index contributed by atoms with van der Waals surface area (Å²) in [5, 5.41) is 16.0. The minimum Gasteiger partial charge on any atom is -0.496 e. The zero-order valence-electron chi connectivity index (χ0n) is 17.8. The van der Waals surface area contributed by atoms with Gasteiger partial charge in [-0.15, -0.1) is 0 Å². The number of nitro groups is 1. The smallest absolute Gasteiger partial charge is 0.272 e. The van der Waals surface area contributed by atoms with Gasteiger partial charge >= 0.3 is 0 Å². The second-order valence-corrected chi connectivity index (χ2v) is 6.98. The molecule has 0 spiro atoms. The normalized spacial score (nSPS) is 10.9. The van der Waals surface area contributed by atoms with Gasteiger partial charge in [0.15, 0.2) is 0 Å². The molecule has 2 amide bonds. The number of halogens is 1. The molecule has 0 aliphatic carbocycles. The number of carbonyl (C=O) groups is 2. The zero-order valence-corrected chi connectivity index (χ0v) is 17.8. The topological polar surface area (TPSA) is 111 Å². The van der Waals surface area contributed by atoms with E-state index in [0.29, 0.717) is 16.9 Å². The van der Waals surface area contributed by atoms with Crippen molar-refractivity contribution in [2.24, 2.45) is 0 Å². The van der Waals surface area contributed by atoms with Crippen LogP contribution in [0.25, 0.3) is 6.08 Å². The van der Waals surface area contributed by atoms with E-state index in [-0.39, 0.29) is 22.6 Å². The van der Waals surface area contributed by atoms with Crippen molar-refractivity contribution < 1.29 is 23.6 Å². The molecule has 3 rings (SSSR count). The third kappa shape index (κ3) is 5.79. The molecule has 33 heavy (non-hydrogen) atoms. The summed E-state index contributed by atoms with van der Waals surface area (Å²) >= 11 is 0. The fourth-order valence-electron chi connectivity index (χ4n) is 2.91. The van der Waals surface area contributed by atoms with E-state index in [0.717, 1.165) is 0 Å². The van der Waals surface area contributed by atoms with Crippen LogP contribution in [0.3, 0.4) is 0 Å². The lowest BCUT2D eigenvalue weighted by Crippen LogP contribution is -2.31. The van der Waals surface area contributed by atoms with Crippen LogP contribution < -0.4 is 15.4 Å². The SMILES string of the molecule is COc1ccccc1C(=O)N/C(=C\c1ccc([N+](=O)[O-])cc1)C(=O)Nc1ccc(C)c(F)c1. The number of benzene rings is 3. The van der Waals surface area contributed by atoms with Crippen molar-refractivity contribution in [3.8, 4) is 5.75 Å². The van der Waals surface area contributed by atoms with Crippen LogP contribution in [0.5, 0.6) is 5.75 Å². The Morgan fingerprint density at radius 1 is 1.06 bits per heavy atom. The van der Waals surface area contributed by atoms with Gasteiger partial charge in [-0.3, -0.25) is 19.7 Å². The molecule has 0 unspecified atom stereocenters. The molecule has 8 nitrogen and oxygen atoms in total. The van der Waals surface area contributed by atoms with Crippen LogP contribution in [0, 0.1) is 22.9 Å². The molecule has 0 saturated heterocycles. The molecule has 3 aromatic rings. The highest BCUT2D eigenvalue weighted by Gasteiger charge is 2.18. The largest absolute Gasteiger partial charge is 0.496 e. The second kappa shape index (κ2) is 10.2. The molecule has 2 N–H and O–H groups in total. The molecule has 0 radical (unpaired) electrons. The quantitative estimate of drug-likeness (QED) is 0.314. The maximum atomic E-state index is 13.9. The maximum Gasteiger partial charge on any atom is 0.272 e. The van der Waals surface area contributed by atoms with Crippen LogP contribution in [0.4, 0.5) is 15.8 Å². The number of ether oxygens (including phenoxy) is 1. The molecule has 9 heteroatoms. The Labute approximate surface area is 188 Å². The highest BCUT2D eigenvalue weighted by molar-refractivity contribution is 6.11. The third-order valence-corrected chi connectivity index (χ3v) is 4.69. The monoisotopic (exact) mass is 449 g/mol. The number of nitrogens with one attached hydrogen (secondary N) is 2. The van der Waals surface area contributed by atoms with Gasteiger partial charge in [0.2, 0.25) is 0 Å². The van der Waals surface area contributed by atoms with Gasteiger partial charge in [0.25, 0.3) is 17.5 Å². The molecule has 0 aliphatic rings. The van der Waals surface area contributed by atoms with E-state index < -0.39 is 22.6 Å². The fraction of sp³-hybridized carbons (Fsp3) is 0.0833. The Morgan fingerprint density at radius 2 is 1.76 bits per heavy atom. The lowest BCUT2D eigenvalue weighted by Gasteiger charge is -2.13. The van der Waals surface area contributed by atoms with Gasteiger partial charge in [-0.05, 0) is 60.5 Å². The molecule has 168 valence electrons. The molecule has 0 saturated carbocycles. The molecule has 0 aliphatic heterocycles. The summed E-state index contributed by atoms with van der Waals surface area (Å²) in [4.78, 5) is 36.2. The van der Waals surface area contributed by atoms with Crippen LogP contribution >= 0.6 is 0 Å². The number of non-ortho nitro benzene ring substituents is 1. The van der Waals surface area contributed by atoms with Crippen molar-refractivity contribution in [3.63, 3.8) is 0 Å². The van der Waals surface area contributed by atoms with Crippen molar-refractivity contribution in [1.82, 2.24) is 5.32 Å². The summed E-state index contributed by atoms with van der Waals surface area (Å²) in [7, 11) is 1.42. The number of rotatable bonds is 7. The van der Waals surface area contributed by atoms with Gasteiger partial charge < -0.3 is 15.4 Å². The van der Waals surface area contributed by atoms with Crippen molar-refractivity contribution >= 4 is 29.3 Å². The second-order valence-electron chi connectivity index (χ2n) is 6.98. The van der Waals surface area contributed by atoms with Gasteiger partial charge in [-0.2, -0.15) is 0 Å². The highest BCUT2D eigenvalue weighted by Crippen LogP contribution is 2.20. The van der Waals surface area contributed by atoms with Crippen LogP contribution in [0.1, 0.15) is 21.5 Å². The van der Waals surface area contributed by atoms with Gasteiger partial charge in [0.05, 0.1) is 17.6 Å². The summed E-state index contributed by atoms with van der Waals surface area (Å²) in [6, 6.07) is 16.1. The lowest BCUT2D eigenvalue weighted by molar-refractivity contribution is -0.384. The first-order valence-electron chi connectivity index (χ1n) is 9.76. The first-order valence-corrected chi connectivity index (χ1v) is 9.76. The molecule has 3 aromatic carbocycles. The maximum absolute atomic E-state index is 13.9. The average molecular weight is 449 g/mol. The van der Waals surface area contributed by atoms with E-state index in [2.05, 4.69) is 10.6 Å². The van der Waals surface area contributed by atoms with Gasteiger partial charge in [0, 0.05) is 17.8 Å². The number of aryl methyl sites for hydroxylation is 1. The van der Waals surface area contributed by atoms with Crippen LogP contribution in [-0.2, 0) is 4.79 Å². The summed E-state index contributed by atoms with van der Waals surface area (Å²) in [5.74, 6) is -1.50. The predicted octanol–water partition coefficient (Wildman–Crippen LogP) is 4.46. The Morgan fingerprint density at radius 3 is 2.39 bits per heavy atom. The lowest BCUT2D eigenvalue weighted by atomic mass is 10.1. The van der Waals surface area contributed by atoms with Crippen LogP contribution in [-0.4, -0.2) is 23.8 Å². The number of carbonyl (C=O) groups excluding carboxylic acids is 2. The standard InChI is InChI=1S/C24H20FN3O5/c1-15-7-10-17(14-20(15)25)26-24(30)21(13-16-8-11-18(12-9-16)28(31)32)27-23(29)19-5-3-4-6-22(19)33-2/h3-14H,1-2H3,(H,26,30)(H,27,29)/b21-13-. The predicted molar refractivity (Wildman–Crippen MR) is 121 cm³/mol. The summed E-state index contributed by atoms with van der Waals surface area (Å²) in [6.45, 7) is 1.59. The fourth-order valence-corrected chi connectivity index (χ4v) is 2.91. The van der Waals surface area contributed by atoms with Crippen LogP contribution in [0.2, 0.25) is 0 Å². The summed E-state index contributed by atoms with van der Waals surface area (Å²) < 4.78 is 19.1. The number of anilines is 1. The molecule has 0 fully saturated rings. The van der Waals surface area contributed by atoms with E-state index in [9.17, 15) is 24.1 Å². The first kappa shape index (κ1) is 23.1. The number of hydrogen-bond acceptors (Lipinski definition) is 5. The average Bonchev–Trinajstić information content (AvgIpc) is 2.81. The molecule has 0 atom stereocenters. The molecular formula is C24H20FN3O5. The Kier molecular flexibility index (Phi) is 7.14. The molecule has 0 heterocycles. The van der Waals surface area contributed by atoms with Gasteiger partial charge in [-0.25, -0.2) is 4.39 Å². The molecular weight excluding hydrogens is 429 g/mol. The Hall–Kier alpha value is -4.53. The number of nitrogens with zero attached hydrogens (tertiary/aromatic N) is 1. The number of nitro benzene ring substituents is 1. The number of hydrogen-bond donors (Lipinski definition) is 2. The minimum atomic E-state index is -0.708. The number of amides is 2. The first-order chi connectivity index (χ1) is 15.8. The van der Waals surface area contributed by atoms with Crippen molar-refractivity contribution in [2.75, 3.05) is 12.4 Å². The Balaban J connectivity index is 1.94. The zero-order chi connectivity index (χ0) is 24.0. The number of methoxy groups -OCH3 is 1. The van der Waals surface area contributed by atoms with Gasteiger partial charge in [-0.1, -0.05) is 18.2 Å². The highest BCUT2D eigenvalue weighted by atomic mass is 19.1. The van der Waals surface area contributed by atoms with Gasteiger partial charge in [0.1, 0.15) is 17.3 Å². The van der Waals surface area contributed by atoms with E-state index in [4.69, 9.17) is 4.74 Å². The van der Waals surface area contributed by atoms with Crippen molar-refractivity contribution in [3.05, 3.63) is 105 Å². The summed E-state index contributed by atoms with van der Waals surface area (Å²) in [6.07, 6.45) is 1.36. The van der Waals surface area contributed by atoms with Crippen molar-refractivity contribution in [1.29, 1.82) is 0 Å². The Bertz CT molecular complexity index is 1240. The molecule has 0 bridgehead atoms. The number of para-hydroxylation sites is 1. The van der Waals surface area contributed by atoms with E-state index in [1.165, 1.54) is 61.7 Å². The van der Waals surface area contributed by atoms with Crippen molar-refractivity contribution in [2.45, 2.75) is 6.92 Å². The third-order valence-electron chi connectivity index (χ3n) is 4.69. The van der Waals surface area contributed by atoms with Crippen LogP contribution in [0.15, 0.2) is 72.4 Å².